The molecular formula is C18H18N2O3. The summed E-state index contributed by atoms with van der Waals surface area (Å²) in [5.74, 6) is 0.936. The van der Waals surface area contributed by atoms with Crippen LogP contribution in [0.15, 0.2) is 42.5 Å². The molecule has 0 saturated carbocycles. The second-order valence-electron chi connectivity index (χ2n) is 4.67. The predicted octanol–water partition coefficient (Wildman–Crippen LogP) is 3.61. The molecular weight excluding hydrogens is 292 g/mol. The van der Waals surface area contributed by atoms with E-state index in [0.717, 1.165) is 0 Å². The van der Waals surface area contributed by atoms with Crippen LogP contribution in [0.25, 0.3) is 0 Å². The minimum atomic E-state index is -0.284. The van der Waals surface area contributed by atoms with Crippen LogP contribution in [0.2, 0.25) is 0 Å². The third kappa shape index (κ3) is 4.24. The fourth-order valence-electron chi connectivity index (χ4n) is 2.06. The number of hydrogen-bond acceptors (Lipinski definition) is 4. The van der Waals surface area contributed by atoms with E-state index < -0.39 is 0 Å². The molecule has 1 N–H and O–H groups in total. The first kappa shape index (κ1) is 16.4. The number of benzene rings is 2. The van der Waals surface area contributed by atoms with E-state index in [9.17, 15) is 4.79 Å². The van der Waals surface area contributed by atoms with Gasteiger partial charge in [0.15, 0.2) is 11.5 Å². The zero-order valence-corrected chi connectivity index (χ0v) is 13.1. The highest BCUT2D eigenvalue weighted by molar-refractivity contribution is 6.04. The molecule has 0 fully saturated rings. The lowest BCUT2D eigenvalue weighted by Crippen LogP contribution is -2.12. The second kappa shape index (κ2) is 7.85. The Bertz CT molecular complexity index is 735. The molecule has 0 unspecified atom stereocenters. The lowest BCUT2D eigenvalue weighted by atomic mass is 10.1. The highest BCUT2D eigenvalue weighted by Gasteiger charge is 2.10. The lowest BCUT2D eigenvalue weighted by molar-refractivity contribution is 0.102. The minimum absolute atomic E-state index is 0.284. The van der Waals surface area contributed by atoms with Gasteiger partial charge < -0.3 is 14.8 Å². The molecule has 0 aromatic heterocycles. The van der Waals surface area contributed by atoms with Gasteiger partial charge in [-0.2, -0.15) is 5.26 Å². The third-order valence-electron chi connectivity index (χ3n) is 3.06. The third-order valence-corrected chi connectivity index (χ3v) is 3.06. The van der Waals surface area contributed by atoms with E-state index in [4.69, 9.17) is 14.7 Å². The number of nitrogens with zero attached hydrogens (tertiary/aromatic N) is 1. The van der Waals surface area contributed by atoms with Crippen molar-refractivity contribution in [2.45, 2.75) is 13.8 Å². The summed E-state index contributed by atoms with van der Waals surface area (Å²) in [5, 5.41) is 11.7. The van der Waals surface area contributed by atoms with Crippen LogP contribution in [-0.2, 0) is 0 Å². The number of nitrogens with one attached hydrogen (secondary N) is 1. The zero-order valence-electron chi connectivity index (χ0n) is 13.1. The molecule has 5 nitrogen and oxygen atoms in total. The molecule has 5 heteroatoms. The van der Waals surface area contributed by atoms with E-state index in [2.05, 4.69) is 5.32 Å². The van der Waals surface area contributed by atoms with Crippen LogP contribution >= 0.6 is 0 Å². The summed E-state index contributed by atoms with van der Waals surface area (Å²) in [6.07, 6.45) is 0. The van der Waals surface area contributed by atoms with Gasteiger partial charge in [-0.3, -0.25) is 4.79 Å². The maximum atomic E-state index is 12.3. The number of rotatable bonds is 6. The highest BCUT2D eigenvalue weighted by Crippen LogP contribution is 2.30. The van der Waals surface area contributed by atoms with Crippen molar-refractivity contribution in [3.05, 3.63) is 53.6 Å². The van der Waals surface area contributed by atoms with Crippen molar-refractivity contribution in [3.8, 4) is 17.6 Å². The molecule has 2 aromatic rings. The zero-order chi connectivity index (χ0) is 16.7. The summed E-state index contributed by atoms with van der Waals surface area (Å²) in [6, 6.07) is 13.8. The van der Waals surface area contributed by atoms with Gasteiger partial charge >= 0.3 is 0 Å². The molecule has 0 saturated heterocycles. The predicted molar refractivity (Wildman–Crippen MR) is 87.9 cm³/mol. The van der Waals surface area contributed by atoms with Crippen LogP contribution in [0, 0.1) is 11.3 Å². The van der Waals surface area contributed by atoms with Crippen molar-refractivity contribution < 1.29 is 14.3 Å². The van der Waals surface area contributed by atoms with Gasteiger partial charge in [-0.1, -0.05) is 6.07 Å². The summed E-state index contributed by atoms with van der Waals surface area (Å²) >= 11 is 0. The smallest absolute Gasteiger partial charge is 0.255 e. The standard InChI is InChI=1S/C18H18N2O3/c1-3-22-16-9-8-15(11-17(16)23-4-2)20-18(21)14-7-5-6-13(10-14)12-19/h5-11H,3-4H2,1-2H3,(H,20,21). The van der Waals surface area contributed by atoms with E-state index in [1.165, 1.54) is 0 Å². The number of amides is 1. The van der Waals surface area contributed by atoms with Gasteiger partial charge in [-0.25, -0.2) is 0 Å². The van der Waals surface area contributed by atoms with Crippen molar-refractivity contribution in [1.82, 2.24) is 0 Å². The summed E-state index contributed by atoms with van der Waals surface area (Å²) in [5.41, 5.74) is 1.47. The average Bonchev–Trinajstić information content (AvgIpc) is 2.57. The van der Waals surface area contributed by atoms with E-state index >= 15 is 0 Å². The molecule has 0 bridgehead atoms. The molecule has 0 aliphatic carbocycles. The Morgan fingerprint density at radius 1 is 1.09 bits per heavy atom. The fourth-order valence-corrected chi connectivity index (χ4v) is 2.06. The summed E-state index contributed by atoms with van der Waals surface area (Å²) in [6.45, 7) is 4.82. The van der Waals surface area contributed by atoms with Gasteiger partial charge in [0, 0.05) is 17.3 Å². The van der Waals surface area contributed by atoms with E-state index in [0.29, 0.717) is 41.5 Å². The van der Waals surface area contributed by atoms with E-state index in [1.54, 1.807) is 42.5 Å². The number of hydrogen-bond donors (Lipinski definition) is 1. The Balaban J connectivity index is 2.20. The molecule has 0 aliphatic rings. The van der Waals surface area contributed by atoms with Gasteiger partial charge in [0.1, 0.15) is 0 Å². The van der Waals surface area contributed by atoms with Crippen molar-refractivity contribution in [3.63, 3.8) is 0 Å². The summed E-state index contributed by atoms with van der Waals surface area (Å²) < 4.78 is 11.0. The first-order chi connectivity index (χ1) is 11.2. The van der Waals surface area contributed by atoms with E-state index in [1.807, 2.05) is 19.9 Å². The Hall–Kier alpha value is -3.00. The average molecular weight is 310 g/mol. The number of carbonyl (C=O) groups excluding carboxylic acids is 1. The van der Waals surface area contributed by atoms with Crippen molar-refractivity contribution >= 4 is 11.6 Å². The molecule has 118 valence electrons. The molecule has 0 aliphatic heterocycles. The number of ether oxygens (including phenoxy) is 2. The maximum absolute atomic E-state index is 12.3. The molecule has 0 atom stereocenters. The van der Waals surface area contributed by atoms with Gasteiger partial charge in [-0.05, 0) is 44.2 Å². The summed E-state index contributed by atoms with van der Waals surface area (Å²) in [4.78, 5) is 12.3. The quantitative estimate of drug-likeness (QED) is 0.884. The largest absolute Gasteiger partial charge is 0.490 e. The van der Waals surface area contributed by atoms with Crippen LogP contribution < -0.4 is 14.8 Å². The monoisotopic (exact) mass is 310 g/mol. The molecule has 23 heavy (non-hydrogen) atoms. The summed E-state index contributed by atoms with van der Waals surface area (Å²) in [7, 11) is 0. The van der Waals surface area contributed by atoms with Crippen molar-refractivity contribution in [2.75, 3.05) is 18.5 Å². The first-order valence-electron chi connectivity index (χ1n) is 7.39. The van der Waals surface area contributed by atoms with Crippen molar-refractivity contribution in [2.24, 2.45) is 0 Å². The van der Waals surface area contributed by atoms with Crippen LogP contribution in [0.5, 0.6) is 11.5 Å². The molecule has 0 heterocycles. The van der Waals surface area contributed by atoms with Crippen molar-refractivity contribution in [1.29, 1.82) is 5.26 Å². The molecule has 0 spiro atoms. The SMILES string of the molecule is CCOc1ccc(NC(=O)c2cccc(C#N)c2)cc1OCC. The first-order valence-corrected chi connectivity index (χ1v) is 7.39. The molecule has 2 aromatic carbocycles. The topological polar surface area (TPSA) is 71.3 Å². The maximum Gasteiger partial charge on any atom is 0.255 e. The normalized spacial score (nSPS) is 9.78. The Morgan fingerprint density at radius 3 is 2.52 bits per heavy atom. The van der Waals surface area contributed by atoms with Gasteiger partial charge in [-0.15, -0.1) is 0 Å². The van der Waals surface area contributed by atoms with Crippen LogP contribution in [0.1, 0.15) is 29.8 Å². The number of anilines is 1. The Kier molecular flexibility index (Phi) is 5.59. The molecule has 0 radical (unpaired) electrons. The van der Waals surface area contributed by atoms with Gasteiger partial charge in [0.05, 0.1) is 24.8 Å². The van der Waals surface area contributed by atoms with Gasteiger partial charge in [0.2, 0.25) is 0 Å². The van der Waals surface area contributed by atoms with Crippen LogP contribution in [-0.4, -0.2) is 19.1 Å². The van der Waals surface area contributed by atoms with E-state index in [-0.39, 0.29) is 5.91 Å². The highest BCUT2D eigenvalue weighted by atomic mass is 16.5. The Morgan fingerprint density at radius 2 is 1.83 bits per heavy atom. The second-order valence-corrected chi connectivity index (χ2v) is 4.67. The molecule has 1 amide bonds. The number of carbonyl (C=O) groups is 1. The van der Waals surface area contributed by atoms with Crippen LogP contribution in [0.4, 0.5) is 5.69 Å². The van der Waals surface area contributed by atoms with Gasteiger partial charge in [0.25, 0.3) is 5.91 Å². The minimum Gasteiger partial charge on any atom is -0.490 e. The fraction of sp³-hybridized carbons (Fsp3) is 0.222. The molecule has 2 rings (SSSR count). The lowest BCUT2D eigenvalue weighted by Gasteiger charge is -2.13. The Labute approximate surface area is 135 Å². The van der Waals surface area contributed by atoms with Crippen LogP contribution in [0.3, 0.4) is 0 Å². The number of nitriles is 1.